The van der Waals surface area contributed by atoms with Gasteiger partial charge >= 0.3 is 0 Å². The molecule has 0 aliphatic rings. The highest BCUT2D eigenvalue weighted by Gasteiger charge is 2.01. The molecule has 4 heteroatoms. The van der Waals surface area contributed by atoms with Gasteiger partial charge in [-0.15, -0.1) is 0 Å². The smallest absolute Gasteiger partial charge is 0.250 e. The third-order valence-electron chi connectivity index (χ3n) is 1.18. The fourth-order valence-corrected chi connectivity index (χ4v) is 0.718. The second-order valence-electron chi connectivity index (χ2n) is 2.10. The van der Waals surface area contributed by atoms with Crippen LogP contribution in [0, 0.1) is 0 Å². The van der Waals surface area contributed by atoms with Crippen LogP contribution in [0.25, 0.3) is 0 Å². The van der Waals surface area contributed by atoms with E-state index in [4.69, 9.17) is 4.42 Å². The van der Waals surface area contributed by atoms with Crippen molar-refractivity contribution in [2.45, 2.75) is 13.0 Å². The van der Waals surface area contributed by atoms with E-state index in [-0.39, 0.29) is 6.54 Å². The highest BCUT2D eigenvalue weighted by Crippen LogP contribution is 1.98. The number of rotatable bonds is 4. The summed E-state index contributed by atoms with van der Waals surface area (Å²) >= 11 is 0. The summed E-state index contributed by atoms with van der Waals surface area (Å²) in [6, 6.07) is 3.46. The van der Waals surface area contributed by atoms with E-state index in [1.165, 1.54) is 6.26 Å². The molecule has 1 rings (SSSR count). The fourth-order valence-electron chi connectivity index (χ4n) is 0.718. The Morgan fingerprint density at radius 2 is 2.36 bits per heavy atom. The Morgan fingerprint density at radius 3 is 2.91 bits per heavy atom. The lowest BCUT2D eigenvalue weighted by molar-refractivity contribution is 0.145. The maximum atomic E-state index is 11.6. The van der Waals surface area contributed by atoms with Gasteiger partial charge in [-0.05, 0) is 12.1 Å². The Hall–Kier alpha value is -0.900. The molecule has 0 saturated carbocycles. The highest BCUT2D eigenvalue weighted by atomic mass is 19.3. The van der Waals surface area contributed by atoms with Crippen molar-refractivity contribution in [1.29, 1.82) is 0 Å². The molecule has 0 unspecified atom stereocenters. The molecule has 11 heavy (non-hydrogen) atoms. The lowest BCUT2D eigenvalue weighted by Gasteiger charge is -1.99. The lowest BCUT2D eigenvalue weighted by Crippen LogP contribution is -2.20. The van der Waals surface area contributed by atoms with E-state index in [0.717, 1.165) is 0 Å². The summed E-state index contributed by atoms with van der Waals surface area (Å²) in [5.41, 5.74) is 0. The third kappa shape index (κ3) is 3.13. The summed E-state index contributed by atoms with van der Waals surface area (Å²) in [7, 11) is 0. The molecule has 0 spiro atoms. The van der Waals surface area contributed by atoms with Crippen LogP contribution in [0.3, 0.4) is 0 Å². The number of alkyl halides is 2. The first-order valence-electron chi connectivity index (χ1n) is 3.30. The van der Waals surface area contributed by atoms with Crippen molar-refractivity contribution in [3.63, 3.8) is 0 Å². The summed E-state index contributed by atoms with van der Waals surface area (Å²) in [6.07, 6.45) is -0.788. The van der Waals surface area contributed by atoms with Crippen LogP contribution in [0.5, 0.6) is 0 Å². The first kappa shape index (κ1) is 8.20. The van der Waals surface area contributed by atoms with Gasteiger partial charge < -0.3 is 9.73 Å². The predicted molar refractivity (Wildman–Crippen MR) is 36.4 cm³/mol. The molecule has 1 aromatic heterocycles. The van der Waals surface area contributed by atoms with Gasteiger partial charge in [0.1, 0.15) is 5.76 Å². The molecule has 0 fully saturated rings. The fraction of sp³-hybridized carbons (Fsp3) is 0.429. The van der Waals surface area contributed by atoms with E-state index in [2.05, 4.69) is 5.32 Å². The van der Waals surface area contributed by atoms with Crippen molar-refractivity contribution >= 4 is 0 Å². The molecule has 1 aromatic rings. The molecule has 0 amide bonds. The summed E-state index contributed by atoms with van der Waals surface area (Å²) in [5.74, 6) is 0.672. The minimum absolute atomic E-state index is 0.291. The molecule has 0 radical (unpaired) electrons. The molecule has 2 nitrogen and oxygen atoms in total. The van der Waals surface area contributed by atoms with E-state index in [1.54, 1.807) is 12.1 Å². The second kappa shape index (κ2) is 4.08. The molecule has 1 heterocycles. The summed E-state index contributed by atoms with van der Waals surface area (Å²) in [6.45, 7) is 0.0675. The zero-order chi connectivity index (χ0) is 8.10. The van der Waals surface area contributed by atoms with Crippen molar-refractivity contribution < 1.29 is 13.2 Å². The van der Waals surface area contributed by atoms with E-state index in [9.17, 15) is 8.78 Å². The average molecular weight is 161 g/mol. The molecule has 0 aliphatic heterocycles. The van der Waals surface area contributed by atoms with Crippen LogP contribution in [-0.2, 0) is 6.54 Å². The molecule has 0 bridgehead atoms. The van der Waals surface area contributed by atoms with E-state index < -0.39 is 6.43 Å². The number of halogens is 2. The Balaban J connectivity index is 2.14. The Kier molecular flexibility index (Phi) is 3.04. The molecular formula is C7H9F2NO. The van der Waals surface area contributed by atoms with Crippen LogP contribution in [0.4, 0.5) is 8.78 Å². The standard InChI is InChI=1S/C7H9F2NO/c8-7(9)5-10-4-6-2-1-3-11-6/h1-3,7,10H,4-5H2. The van der Waals surface area contributed by atoms with Gasteiger partial charge in [0.25, 0.3) is 6.43 Å². The SMILES string of the molecule is FC(F)CNCc1ccco1. The van der Waals surface area contributed by atoms with Gasteiger partial charge in [-0.2, -0.15) is 0 Å². The highest BCUT2D eigenvalue weighted by molar-refractivity contribution is 4.97. The molecule has 0 saturated heterocycles. The lowest BCUT2D eigenvalue weighted by atomic mass is 10.4. The second-order valence-corrected chi connectivity index (χ2v) is 2.10. The monoisotopic (exact) mass is 161 g/mol. The molecule has 0 aliphatic carbocycles. The van der Waals surface area contributed by atoms with Gasteiger partial charge in [0.15, 0.2) is 0 Å². The Bertz CT molecular complexity index is 186. The Labute approximate surface area is 63.2 Å². The molecule has 1 N–H and O–H groups in total. The Morgan fingerprint density at radius 1 is 1.55 bits per heavy atom. The minimum Gasteiger partial charge on any atom is -0.468 e. The molecule has 0 atom stereocenters. The quantitative estimate of drug-likeness (QED) is 0.726. The maximum absolute atomic E-state index is 11.6. The zero-order valence-corrected chi connectivity index (χ0v) is 5.89. The minimum atomic E-state index is -2.30. The van der Waals surface area contributed by atoms with E-state index in [1.807, 2.05) is 0 Å². The largest absolute Gasteiger partial charge is 0.468 e. The van der Waals surface area contributed by atoms with Crippen LogP contribution in [0.15, 0.2) is 22.8 Å². The molecular weight excluding hydrogens is 152 g/mol. The molecule has 0 aromatic carbocycles. The van der Waals surface area contributed by atoms with Crippen molar-refractivity contribution in [1.82, 2.24) is 5.32 Å². The summed E-state index contributed by atoms with van der Waals surface area (Å²) in [5, 5.41) is 2.54. The normalized spacial score (nSPS) is 10.8. The maximum Gasteiger partial charge on any atom is 0.250 e. The number of hydrogen-bond acceptors (Lipinski definition) is 2. The first-order chi connectivity index (χ1) is 5.29. The number of nitrogens with one attached hydrogen (secondary N) is 1. The van der Waals surface area contributed by atoms with Crippen LogP contribution in [0.1, 0.15) is 5.76 Å². The van der Waals surface area contributed by atoms with Gasteiger partial charge in [0.05, 0.1) is 19.4 Å². The van der Waals surface area contributed by atoms with Gasteiger partial charge in [0, 0.05) is 0 Å². The predicted octanol–water partition coefficient (Wildman–Crippen LogP) is 1.63. The summed E-state index contributed by atoms with van der Waals surface area (Å²) in [4.78, 5) is 0. The number of furan rings is 1. The zero-order valence-electron chi connectivity index (χ0n) is 5.89. The first-order valence-corrected chi connectivity index (χ1v) is 3.30. The van der Waals surface area contributed by atoms with Crippen LogP contribution in [-0.4, -0.2) is 13.0 Å². The van der Waals surface area contributed by atoms with Gasteiger partial charge in [-0.25, -0.2) is 8.78 Å². The van der Waals surface area contributed by atoms with Crippen molar-refractivity contribution in [2.24, 2.45) is 0 Å². The van der Waals surface area contributed by atoms with E-state index >= 15 is 0 Å². The van der Waals surface area contributed by atoms with Crippen LogP contribution >= 0.6 is 0 Å². The van der Waals surface area contributed by atoms with E-state index in [0.29, 0.717) is 12.3 Å². The molecule has 62 valence electrons. The number of hydrogen-bond donors (Lipinski definition) is 1. The topological polar surface area (TPSA) is 25.2 Å². The van der Waals surface area contributed by atoms with Crippen LogP contribution in [0.2, 0.25) is 0 Å². The average Bonchev–Trinajstić information content (AvgIpc) is 2.39. The van der Waals surface area contributed by atoms with Crippen LogP contribution < -0.4 is 5.32 Å². The van der Waals surface area contributed by atoms with Gasteiger partial charge in [-0.3, -0.25) is 0 Å². The van der Waals surface area contributed by atoms with Gasteiger partial charge in [0.2, 0.25) is 0 Å². The third-order valence-corrected chi connectivity index (χ3v) is 1.18. The van der Waals surface area contributed by atoms with Gasteiger partial charge in [-0.1, -0.05) is 0 Å². The van der Waals surface area contributed by atoms with Crippen molar-refractivity contribution in [2.75, 3.05) is 6.54 Å². The van der Waals surface area contributed by atoms with Crippen molar-refractivity contribution in [3.8, 4) is 0 Å². The summed E-state index contributed by atoms with van der Waals surface area (Å²) < 4.78 is 28.0. The van der Waals surface area contributed by atoms with Crippen molar-refractivity contribution in [3.05, 3.63) is 24.2 Å².